The van der Waals surface area contributed by atoms with E-state index in [9.17, 15) is 14.0 Å². The highest BCUT2D eigenvalue weighted by Crippen LogP contribution is 2.22. The van der Waals surface area contributed by atoms with Crippen LogP contribution in [0.25, 0.3) is 0 Å². The summed E-state index contributed by atoms with van der Waals surface area (Å²) in [5.41, 5.74) is 0.349. The Morgan fingerprint density at radius 3 is 2.76 bits per heavy atom. The number of nitrogens with one attached hydrogen (secondary N) is 1. The standard InChI is InChI=1S/C14H18ClFN2O3/c1-3-21-14(20)6-7-18(2)9-13(19)17-12-5-4-10(16)8-11(12)15/h4-5,8H,3,6-7,9H2,1-2H3,(H,17,19). The Bertz CT molecular complexity index is 511. The Kier molecular flexibility index (Phi) is 7.11. The van der Waals surface area contributed by atoms with Gasteiger partial charge in [-0.3, -0.25) is 14.5 Å². The number of hydrogen-bond donors (Lipinski definition) is 1. The molecule has 1 amide bonds. The minimum Gasteiger partial charge on any atom is -0.466 e. The number of ether oxygens (including phenoxy) is 1. The van der Waals surface area contributed by atoms with Gasteiger partial charge in [0.05, 0.1) is 30.3 Å². The molecule has 1 N–H and O–H groups in total. The molecule has 0 spiro atoms. The molecule has 0 radical (unpaired) electrons. The molecule has 0 fully saturated rings. The molecule has 1 aromatic carbocycles. The van der Waals surface area contributed by atoms with Gasteiger partial charge in [-0.1, -0.05) is 11.6 Å². The summed E-state index contributed by atoms with van der Waals surface area (Å²) >= 11 is 5.82. The smallest absolute Gasteiger partial charge is 0.307 e. The van der Waals surface area contributed by atoms with Crippen LogP contribution in [0.5, 0.6) is 0 Å². The first kappa shape index (κ1) is 17.4. The lowest BCUT2D eigenvalue weighted by molar-refractivity contribution is -0.143. The zero-order valence-corrected chi connectivity index (χ0v) is 12.7. The maximum Gasteiger partial charge on any atom is 0.307 e. The molecule has 0 heterocycles. The maximum atomic E-state index is 12.9. The van der Waals surface area contributed by atoms with Gasteiger partial charge in [0.2, 0.25) is 5.91 Å². The summed E-state index contributed by atoms with van der Waals surface area (Å²) < 4.78 is 17.7. The lowest BCUT2D eigenvalue weighted by atomic mass is 10.3. The Morgan fingerprint density at radius 2 is 2.14 bits per heavy atom. The van der Waals surface area contributed by atoms with Crippen LogP contribution >= 0.6 is 11.6 Å². The molecule has 0 saturated carbocycles. The second-order valence-electron chi connectivity index (χ2n) is 4.47. The van der Waals surface area contributed by atoms with E-state index in [-0.39, 0.29) is 29.9 Å². The predicted molar refractivity (Wildman–Crippen MR) is 78.8 cm³/mol. The molecule has 0 atom stereocenters. The van der Waals surface area contributed by atoms with E-state index in [1.54, 1.807) is 18.9 Å². The first-order valence-electron chi connectivity index (χ1n) is 6.51. The van der Waals surface area contributed by atoms with Gasteiger partial charge in [-0.25, -0.2) is 4.39 Å². The molecule has 0 aromatic heterocycles. The van der Waals surface area contributed by atoms with Crippen LogP contribution in [-0.2, 0) is 14.3 Å². The van der Waals surface area contributed by atoms with E-state index in [2.05, 4.69) is 5.32 Å². The first-order valence-corrected chi connectivity index (χ1v) is 6.89. The summed E-state index contributed by atoms with van der Waals surface area (Å²) in [6.07, 6.45) is 0.217. The van der Waals surface area contributed by atoms with Crippen molar-refractivity contribution in [2.24, 2.45) is 0 Å². The van der Waals surface area contributed by atoms with Crippen molar-refractivity contribution < 1.29 is 18.7 Å². The molecule has 21 heavy (non-hydrogen) atoms. The van der Waals surface area contributed by atoms with E-state index in [0.717, 1.165) is 6.07 Å². The van der Waals surface area contributed by atoms with Crippen LogP contribution in [0, 0.1) is 5.82 Å². The average Bonchev–Trinajstić information content (AvgIpc) is 2.40. The Hall–Kier alpha value is -1.66. The number of carbonyl (C=O) groups excluding carboxylic acids is 2. The molecule has 0 aliphatic carbocycles. The van der Waals surface area contributed by atoms with E-state index >= 15 is 0 Å². The minimum absolute atomic E-state index is 0.0904. The quantitative estimate of drug-likeness (QED) is 0.784. The highest BCUT2D eigenvalue weighted by Gasteiger charge is 2.11. The van der Waals surface area contributed by atoms with Crippen LogP contribution in [0.2, 0.25) is 5.02 Å². The topological polar surface area (TPSA) is 58.6 Å². The molecule has 116 valence electrons. The monoisotopic (exact) mass is 316 g/mol. The normalized spacial score (nSPS) is 10.5. The predicted octanol–water partition coefficient (Wildman–Crippen LogP) is 2.30. The molecular formula is C14H18ClFN2O3. The van der Waals surface area contributed by atoms with E-state index in [1.807, 2.05) is 0 Å². The third-order valence-electron chi connectivity index (χ3n) is 2.62. The number of halogens is 2. The summed E-state index contributed by atoms with van der Waals surface area (Å²) in [5, 5.41) is 2.72. The van der Waals surface area contributed by atoms with Gasteiger partial charge in [-0.2, -0.15) is 0 Å². The van der Waals surface area contributed by atoms with Crippen LogP contribution in [0.1, 0.15) is 13.3 Å². The van der Waals surface area contributed by atoms with E-state index in [4.69, 9.17) is 16.3 Å². The fourth-order valence-electron chi connectivity index (χ4n) is 1.62. The number of carbonyl (C=O) groups is 2. The van der Waals surface area contributed by atoms with Crippen molar-refractivity contribution in [1.82, 2.24) is 4.90 Å². The van der Waals surface area contributed by atoms with Crippen molar-refractivity contribution in [2.45, 2.75) is 13.3 Å². The molecule has 0 saturated heterocycles. The van der Waals surface area contributed by atoms with Gasteiger partial charge in [-0.15, -0.1) is 0 Å². The second-order valence-corrected chi connectivity index (χ2v) is 4.87. The van der Waals surface area contributed by atoms with Gasteiger partial charge in [0.1, 0.15) is 5.82 Å². The Balaban J connectivity index is 2.40. The van der Waals surface area contributed by atoms with Crippen molar-refractivity contribution in [3.05, 3.63) is 29.0 Å². The van der Waals surface area contributed by atoms with Crippen molar-refractivity contribution in [3.8, 4) is 0 Å². The summed E-state index contributed by atoms with van der Waals surface area (Å²) in [6.45, 7) is 2.57. The first-order chi connectivity index (χ1) is 9.92. The van der Waals surface area contributed by atoms with E-state index in [1.165, 1.54) is 12.1 Å². The number of esters is 1. The number of rotatable bonds is 7. The molecule has 5 nitrogen and oxygen atoms in total. The van der Waals surface area contributed by atoms with Crippen LogP contribution in [0.3, 0.4) is 0 Å². The second kappa shape index (κ2) is 8.59. The number of hydrogen-bond acceptors (Lipinski definition) is 4. The lowest BCUT2D eigenvalue weighted by Gasteiger charge is -2.16. The highest BCUT2D eigenvalue weighted by molar-refractivity contribution is 6.33. The zero-order valence-electron chi connectivity index (χ0n) is 12.0. The van der Waals surface area contributed by atoms with Crippen LogP contribution in [0.4, 0.5) is 10.1 Å². The van der Waals surface area contributed by atoms with Gasteiger partial charge < -0.3 is 10.1 Å². The summed E-state index contributed by atoms with van der Waals surface area (Å²) in [7, 11) is 1.71. The van der Waals surface area contributed by atoms with Crippen molar-refractivity contribution in [3.63, 3.8) is 0 Å². The summed E-state index contributed by atoms with van der Waals surface area (Å²) in [5.74, 6) is -1.06. The Morgan fingerprint density at radius 1 is 1.43 bits per heavy atom. The molecule has 0 aliphatic rings. The third-order valence-corrected chi connectivity index (χ3v) is 2.93. The maximum absolute atomic E-state index is 12.9. The number of benzene rings is 1. The molecule has 0 bridgehead atoms. The molecule has 0 aliphatic heterocycles. The van der Waals surface area contributed by atoms with E-state index in [0.29, 0.717) is 18.8 Å². The van der Waals surface area contributed by atoms with Gasteiger partial charge in [0.15, 0.2) is 0 Å². The molecule has 0 unspecified atom stereocenters. The fourth-order valence-corrected chi connectivity index (χ4v) is 1.83. The Labute approximate surface area is 128 Å². The minimum atomic E-state index is -0.468. The van der Waals surface area contributed by atoms with Crippen LogP contribution in [-0.4, -0.2) is 43.5 Å². The molecule has 7 heteroatoms. The lowest BCUT2D eigenvalue weighted by Crippen LogP contribution is -2.32. The van der Waals surface area contributed by atoms with Gasteiger partial charge in [0.25, 0.3) is 0 Å². The van der Waals surface area contributed by atoms with Crippen molar-refractivity contribution in [2.75, 3.05) is 32.1 Å². The SMILES string of the molecule is CCOC(=O)CCN(C)CC(=O)Nc1ccc(F)cc1Cl. The van der Waals surface area contributed by atoms with E-state index < -0.39 is 5.82 Å². The van der Waals surface area contributed by atoms with Gasteiger partial charge >= 0.3 is 5.97 Å². The largest absolute Gasteiger partial charge is 0.466 e. The van der Waals surface area contributed by atoms with Gasteiger partial charge in [0, 0.05) is 6.54 Å². The molecule has 1 rings (SSSR count). The van der Waals surface area contributed by atoms with Crippen molar-refractivity contribution in [1.29, 1.82) is 0 Å². The molecular weight excluding hydrogens is 299 g/mol. The average molecular weight is 317 g/mol. The van der Waals surface area contributed by atoms with Crippen molar-refractivity contribution >= 4 is 29.2 Å². The summed E-state index contributed by atoms with van der Waals surface area (Å²) in [4.78, 5) is 24.7. The number of nitrogens with zero attached hydrogens (tertiary/aromatic N) is 1. The third kappa shape index (κ3) is 6.55. The summed E-state index contributed by atoms with van der Waals surface area (Å²) in [6, 6.07) is 3.74. The van der Waals surface area contributed by atoms with Crippen LogP contribution in [0.15, 0.2) is 18.2 Å². The number of amides is 1. The fraction of sp³-hybridized carbons (Fsp3) is 0.429. The highest BCUT2D eigenvalue weighted by atomic mass is 35.5. The number of likely N-dealkylation sites (N-methyl/N-ethyl adjacent to an activating group) is 1. The molecule has 1 aromatic rings. The van der Waals surface area contributed by atoms with Gasteiger partial charge in [-0.05, 0) is 32.2 Å². The number of anilines is 1. The van der Waals surface area contributed by atoms with Crippen LogP contribution < -0.4 is 5.32 Å². The zero-order chi connectivity index (χ0) is 15.8.